The molecule has 1 aromatic carbocycles. The molecule has 0 saturated heterocycles. The van der Waals surface area contributed by atoms with Crippen molar-refractivity contribution >= 4 is 5.78 Å². The molecule has 0 unspecified atom stereocenters. The molecule has 0 aliphatic heterocycles. The number of benzene rings is 1. The lowest BCUT2D eigenvalue weighted by Crippen LogP contribution is -2.01. The second kappa shape index (κ2) is 4.87. The maximum atomic E-state index is 12.9. The molecular weight excluding hydrogens is 191 g/mol. The number of rotatable bonds is 3. The summed E-state index contributed by atoms with van der Waals surface area (Å²) < 4.78 is 12.9. The average Bonchev–Trinajstić information content (AvgIpc) is 2.10. The van der Waals surface area contributed by atoms with Crippen LogP contribution in [-0.4, -0.2) is 5.78 Å². The number of hydrogen-bond acceptors (Lipinski definition) is 1. The Kier molecular flexibility index (Phi) is 3.78. The number of carbonyl (C=O) groups excluding carboxylic acids is 1. The summed E-state index contributed by atoms with van der Waals surface area (Å²) in [5.41, 5.74) is 2.68. The van der Waals surface area contributed by atoms with Crippen LogP contribution in [0, 0.1) is 12.7 Å². The molecule has 0 fully saturated rings. The third-order valence-corrected chi connectivity index (χ3v) is 2.13. The van der Waals surface area contributed by atoms with Crippen LogP contribution in [0.1, 0.15) is 25.0 Å². The van der Waals surface area contributed by atoms with E-state index in [1.165, 1.54) is 12.1 Å². The van der Waals surface area contributed by atoms with Crippen LogP contribution in [0.4, 0.5) is 4.39 Å². The summed E-state index contributed by atoms with van der Waals surface area (Å²) in [6.45, 7) is 5.62. The van der Waals surface area contributed by atoms with Crippen molar-refractivity contribution in [2.45, 2.75) is 27.2 Å². The predicted molar refractivity (Wildman–Crippen MR) is 59.3 cm³/mol. The van der Waals surface area contributed by atoms with Crippen LogP contribution >= 0.6 is 0 Å². The van der Waals surface area contributed by atoms with Gasteiger partial charge in [0.25, 0.3) is 0 Å². The van der Waals surface area contributed by atoms with E-state index in [4.69, 9.17) is 0 Å². The molecule has 80 valence electrons. The van der Waals surface area contributed by atoms with Gasteiger partial charge in [0.15, 0.2) is 5.78 Å². The molecule has 0 atom stereocenters. The maximum absolute atomic E-state index is 12.9. The van der Waals surface area contributed by atoms with Gasteiger partial charge >= 0.3 is 0 Å². The fraction of sp³-hybridized carbons (Fsp3) is 0.308. The highest BCUT2D eigenvalue weighted by Gasteiger charge is 2.04. The van der Waals surface area contributed by atoms with E-state index in [1.807, 2.05) is 20.8 Å². The lowest BCUT2D eigenvalue weighted by molar-refractivity contribution is -0.114. The quantitative estimate of drug-likeness (QED) is 0.694. The van der Waals surface area contributed by atoms with Crippen molar-refractivity contribution in [2.24, 2.45) is 0 Å². The van der Waals surface area contributed by atoms with E-state index in [-0.39, 0.29) is 18.0 Å². The van der Waals surface area contributed by atoms with Crippen molar-refractivity contribution in [2.75, 3.05) is 0 Å². The van der Waals surface area contributed by atoms with Crippen LogP contribution in [0.5, 0.6) is 0 Å². The van der Waals surface area contributed by atoms with Gasteiger partial charge < -0.3 is 0 Å². The van der Waals surface area contributed by atoms with E-state index >= 15 is 0 Å². The second-order valence-electron chi connectivity index (χ2n) is 3.94. The third-order valence-electron chi connectivity index (χ3n) is 2.13. The van der Waals surface area contributed by atoms with Crippen LogP contribution in [-0.2, 0) is 11.2 Å². The van der Waals surface area contributed by atoms with Crippen molar-refractivity contribution in [3.05, 3.63) is 46.8 Å². The number of halogens is 1. The zero-order valence-corrected chi connectivity index (χ0v) is 9.30. The monoisotopic (exact) mass is 206 g/mol. The van der Waals surface area contributed by atoms with Gasteiger partial charge in [-0.05, 0) is 50.1 Å². The Morgan fingerprint density at radius 3 is 2.67 bits per heavy atom. The van der Waals surface area contributed by atoms with Gasteiger partial charge in [-0.1, -0.05) is 11.6 Å². The molecule has 0 spiro atoms. The maximum Gasteiger partial charge on any atom is 0.159 e. The van der Waals surface area contributed by atoms with E-state index in [2.05, 4.69) is 0 Å². The normalized spacial score (nSPS) is 9.87. The Balaban J connectivity index is 2.85. The van der Waals surface area contributed by atoms with Crippen LogP contribution < -0.4 is 0 Å². The number of aryl methyl sites for hydroxylation is 1. The minimum absolute atomic E-state index is 0.0173. The van der Waals surface area contributed by atoms with Gasteiger partial charge in [-0.3, -0.25) is 4.79 Å². The Hall–Kier alpha value is -1.44. The highest BCUT2D eigenvalue weighted by atomic mass is 19.1. The van der Waals surface area contributed by atoms with Gasteiger partial charge in [0.1, 0.15) is 5.82 Å². The number of carbonyl (C=O) groups is 1. The van der Waals surface area contributed by atoms with Crippen molar-refractivity contribution in [3.63, 3.8) is 0 Å². The first-order chi connectivity index (χ1) is 6.99. The Bertz CT molecular complexity index is 401. The largest absolute Gasteiger partial charge is 0.294 e. The summed E-state index contributed by atoms with van der Waals surface area (Å²) in [5, 5.41) is 0. The summed E-state index contributed by atoms with van der Waals surface area (Å²) in [4.78, 5) is 11.5. The average molecular weight is 206 g/mol. The molecule has 0 aliphatic carbocycles. The van der Waals surface area contributed by atoms with Crippen molar-refractivity contribution < 1.29 is 9.18 Å². The Morgan fingerprint density at radius 2 is 2.07 bits per heavy atom. The zero-order valence-electron chi connectivity index (χ0n) is 9.30. The zero-order chi connectivity index (χ0) is 11.4. The molecule has 0 aliphatic rings. The first kappa shape index (κ1) is 11.6. The molecule has 0 amide bonds. The van der Waals surface area contributed by atoms with E-state index in [0.717, 1.165) is 16.7 Å². The first-order valence-corrected chi connectivity index (χ1v) is 4.92. The fourth-order valence-corrected chi connectivity index (χ4v) is 1.39. The summed E-state index contributed by atoms with van der Waals surface area (Å²) >= 11 is 0. The summed E-state index contributed by atoms with van der Waals surface area (Å²) in [6, 6.07) is 4.52. The first-order valence-electron chi connectivity index (χ1n) is 4.92. The molecule has 0 saturated carbocycles. The highest BCUT2D eigenvalue weighted by molar-refractivity contribution is 5.92. The van der Waals surface area contributed by atoms with Crippen LogP contribution in [0.2, 0.25) is 0 Å². The van der Waals surface area contributed by atoms with E-state index in [1.54, 1.807) is 12.1 Å². The number of hydrogen-bond donors (Lipinski definition) is 0. The molecule has 0 N–H and O–H groups in total. The minimum Gasteiger partial charge on any atom is -0.294 e. The molecule has 0 radical (unpaired) electrons. The molecule has 1 rings (SSSR count). The minimum atomic E-state index is -0.291. The molecule has 0 aromatic heterocycles. The smallest absolute Gasteiger partial charge is 0.159 e. The van der Waals surface area contributed by atoms with Crippen LogP contribution in [0.3, 0.4) is 0 Å². The molecule has 2 heteroatoms. The summed E-state index contributed by atoms with van der Waals surface area (Å²) in [7, 11) is 0. The van der Waals surface area contributed by atoms with Gasteiger partial charge in [0.05, 0.1) is 0 Å². The predicted octanol–water partition coefficient (Wildman–Crippen LogP) is 3.21. The second-order valence-corrected chi connectivity index (χ2v) is 3.94. The van der Waals surface area contributed by atoms with Crippen molar-refractivity contribution in [1.82, 2.24) is 0 Å². The van der Waals surface area contributed by atoms with Gasteiger partial charge in [0.2, 0.25) is 0 Å². The molecule has 15 heavy (non-hydrogen) atoms. The SMILES string of the molecule is CC(C)=CC(=O)Cc1cc(F)ccc1C. The topological polar surface area (TPSA) is 17.1 Å². The van der Waals surface area contributed by atoms with E-state index in [0.29, 0.717) is 0 Å². The lowest BCUT2D eigenvalue weighted by atomic mass is 10.0. The van der Waals surface area contributed by atoms with Crippen molar-refractivity contribution in [1.29, 1.82) is 0 Å². The van der Waals surface area contributed by atoms with E-state index in [9.17, 15) is 9.18 Å². The van der Waals surface area contributed by atoms with Crippen LogP contribution in [0.25, 0.3) is 0 Å². The summed E-state index contributed by atoms with van der Waals surface area (Å²) in [6.07, 6.45) is 1.86. The van der Waals surface area contributed by atoms with Gasteiger partial charge in [-0.25, -0.2) is 4.39 Å². The molecular formula is C13H15FO. The Morgan fingerprint density at radius 1 is 1.40 bits per heavy atom. The Labute approximate surface area is 89.6 Å². The third kappa shape index (κ3) is 3.66. The number of ketones is 1. The van der Waals surface area contributed by atoms with Crippen LogP contribution in [0.15, 0.2) is 29.8 Å². The molecule has 1 nitrogen and oxygen atoms in total. The molecule has 0 heterocycles. The number of allylic oxidation sites excluding steroid dienone is 2. The van der Waals surface area contributed by atoms with E-state index < -0.39 is 0 Å². The molecule has 1 aromatic rings. The fourth-order valence-electron chi connectivity index (χ4n) is 1.39. The standard InChI is InChI=1S/C13H15FO/c1-9(2)6-13(15)8-11-7-12(14)5-4-10(11)3/h4-7H,8H2,1-3H3. The van der Waals surface area contributed by atoms with Gasteiger partial charge in [-0.15, -0.1) is 0 Å². The lowest BCUT2D eigenvalue weighted by Gasteiger charge is -2.03. The van der Waals surface area contributed by atoms with Gasteiger partial charge in [-0.2, -0.15) is 0 Å². The van der Waals surface area contributed by atoms with Gasteiger partial charge in [0, 0.05) is 6.42 Å². The summed E-state index contributed by atoms with van der Waals surface area (Å²) in [5.74, 6) is -0.274. The highest BCUT2D eigenvalue weighted by Crippen LogP contribution is 2.11. The molecule has 0 bridgehead atoms. The van der Waals surface area contributed by atoms with Crippen molar-refractivity contribution in [3.8, 4) is 0 Å².